The Kier molecular flexibility index (Phi) is 5.45. The molecule has 0 amide bonds. The molecule has 4 nitrogen and oxygen atoms in total. The molecule has 33 heavy (non-hydrogen) atoms. The third-order valence-electron chi connectivity index (χ3n) is 10.5. The molecule has 0 spiro atoms. The van der Waals surface area contributed by atoms with Crippen LogP contribution < -0.4 is 4.43 Å². The van der Waals surface area contributed by atoms with Crippen molar-refractivity contribution < 1.29 is 8.85 Å². The molecule has 186 valence electrons. The highest BCUT2D eigenvalue weighted by Crippen LogP contribution is 2.68. The number of nitrogens with zero attached hydrogens (tertiary/aromatic N) is 1. The summed E-state index contributed by atoms with van der Waals surface area (Å²) in [7, 11) is -3.26. The van der Waals surface area contributed by atoms with E-state index in [9.17, 15) is 0 Å². The van der Waals surface area contributed by atoms with Crippen LogP contribution in [0.1, 0.15) is 70.6 Å². The topological polar surface area (TPSA) is 47.1 Å². The number of aromatic amines is 1. The summed E-state index contributed by atoms with van der Waals surface area (Å²) < 4.78 is 13.4. The molecule has 1 heterocycles. The van der Waals surface area contributed by atoms with E-state index in [-0.39, 0.29) is 5.60 Å². The molecule has 5 rings (SSSR count). The van der Waals surface area contributed by atoms with E-state index < -0.39 is 16.6 Å². The van der Waals surface area contributed by atoms with Gasteiger partial charge in [0.15, 0.2) is 8.32 Å². The summed E-state index contributed by atoms with van der Waals surface area (Å²) in [5, 5.41) is 8.05. The Morgan fingerprint density at radius 2 is 1.58 bits per heavy atom. The molecule has 7 atom stereocenters. The van der Waals surface area contributed by atoms with Crippen LogP contribution in [0.3, 0.4) is 0 Å². The van der Waals surface area contributed by atoms with Crippen molar-refractivity contribution in [3.8, 4) is 5.88 Å². The average molecular weight is 489 g/mol. The maximum atomic E-state index is 6.98. The van der Waals surface area contributed by atoms with Crippen molar-refractivity contribution in [1.29, 1.82) is 0 Å². The van der Waals surface area contributed by atoms with Crippen molar-refractivity contribution in [2.45, 2.75) is 117 Å². The number of nitrogens with one attached hydrogen (secondary N) is 1. The van der Waals surface area contributed by atoms with Crippen LogP contribution in [0.2, 0.25) is 39.3 Å². The highest BCUT2D eigenvalue weighted by molar-refractivity contribution is 6.70. The second-order valence-electron chi connectivity index (χ2n) is 14.7. The molecule has 1 N–H and O–H groups in total. The molecule has 3 fully saturated rings. The molecule has 6 heteroatoms. The van der Waals surface area contributed by atoms with E-state index in [0.29, 0.717) is 10.8 Å². The van der Waals surface area contributed by atoms with Gasteiger partial charge in [-0.25, -0.2) is 0 Å². The molecule has 0 aliphatic heterocycles. The normalized spacial score (nSPS) is 42.8. The smallest absolute Gasteiger partial charge is 0.244 e. The van der Waals surface area contributed by atoms with Gasteiger partial charge in [-0.2, -0.15) is 0 Å². The summed E-state index contributed by atoms with van der Waals surface area (Å²) >= 11 is 0. The van der Waals surface area contributed by atoms with Crippen LogP contribution >= 0.6 is 0 Å². The quantitative estimate of drug-likeness (QED) is 0.456. The van der Waals surface area contributed by atoms with Gasteiger partial charge >= 0.3 is 0 Å². The molecule has 1 aromatic heterocycles. The molecule has 0 saturated heterocycles. The standard InChI is InChI=1S/C27H48N2O2Si2/c1-25-17-20-23(28-29-24(20)30-32(4,5)6)16-18(25)10-11-19-21(25)12-14-26(2)22(19)13-15-27(26,3)31-33(7,8)9/h18-19,21-22H,10-17H2,1-9H3,(H,28,29)/t18-,19?,21?,22?,25-,26-,27-/m0/s1. The highest BCUT2D eigenvalue weighted by atomic mass is 28.4. The number of rotatable bonds is 4. The van der Waals surface area contributed by atoms with Gasteiger partial charge in [0.05, 0.1) is 5.60 Å². The number of fused-ring (bicyclic) bond motifs is 6. The van der Waals surface area contributed by atoms with E-state index >= 15 is 0 Å². The molecular weight excluding hydrogens is 440 g/mol. The van der Waals surface area contributed by atoms with E-state index in [4.69, 9.17) is 8.85 Å². The summed E-state index contributed by atoms with van der Waals surface area (Å²) in [5.41, 5.74) is 3.54. The van der Waals surface area contributed by atoms with Gasteiger partial charge in [0.2, 0.25) is 14.2 Å². The largest absolute Gasteiger partial charge is 0.530 e. The minimum Gasteiger partial charge on any atom is -0.530 e. The van der Waals surface area contributed by atoms with Crippen molar-refractivity contribution in [3.63, 3.8) is 0 Å². The van der Waals surface area contributed by atoms with Crippen LogP contribution in [0.25, 0.3) is 0 Å². The number of H-pyrrole nitrogens is 1. The van der Waals surface area contributed by atoms with Gasteiger partial charge in [0.1, 0.15) is 0 Å². The summed E-state index contributed by atoms with van der Waals surface area (Å²) in [6.07, 6.45) is 10.4. The summed E-state index contributed by atoms with van der Waals surface area (Å²) in [6, 6.07) is 0. The van der Waals surface area contributed by atoms with Crippen molar-refractivity contribution >= 4 is 16.6 Å². The fourth-order valence-electron chi connectivity index (χ4n) is 8.95. The molecule has 0 bridgehead atoms. The molecule has 0 radical (unpaired) electrons. The predicted octanol–water partition coefficient (Wildman–Crippen LogP) is 7.19. The van der Waals surface area contributed by atoms with Crippen molar-refractivity contribution in [2.24, 2.45) is 34.5 Å². The van der Waals surface area contributed by atoms with Gasteiger partial charge in [0.25, 0.3) is 0 Å². The van der Waals surface area contributed by atoms with E-state index in [2.05, 4.69) is 70.3 Å². The molecule has 3 saturated carbocycles. The van der Waals surface area contributed by atoms with Gasteiger partial charge in [-0.1, -0.05) is 13.8 Å². The van der Waals surface area contributed by atoms with Crippen molar-refractivity contribution in [1.82, 2.24) is 10.2 Å². The van der Waals surface area contributed by atoms with Crippen LogP contribution in [0, 0.1) is 34.5 Å². The van der Waals surface area contributed by atoms with Gasteiger partial charge in [-0.3, -0.25) is 5.10 Å². The number of hydrogen-bond donors (Lipinski definition) is 1. The lowest BCUT2D eigenvalue weighted by atomic mass is 9.44. The van der Waals surface area contributed by atoms with Crippen LogP contribution in [-0.4, -0.2) is 32.4 Å². The zero-order chi connectivity index (χ0) is 24.0. The van der Waals surface area contributed by atoms with Gasteiger partial charge in [-0.15, -0.1) is 5.10 Å². The Labute approximate surface area is 204 Å². The lowest BCUT2D eigenvalue weighted by Gasteiger charge is -2.61. The van der Waals surface area contributed by atoms with E-state index in [0.717, 1.165) is 42.4 Å². The lowest BCUT2D eigenvalue weighted by Crippen LogP contribution is -2.58. The van der Waals surface area contributed by atoms with Gasteiger partial charge in [-0.05, 0) is 132 Å². The minimum atomic E-state index is -1.68. The summed E-state index contributed by atoms with van der Waals surface area (Å²) in [5.74, 6) is 4.20. The second-order valence-corrected chi connectivity index (χ2v) is 23.5. The summed E-state index contributed by atoms with van der Waals surface area (Å²) in [6.45, 7) is 21.6. The number of hydrogen-bond acceptors (Lipinski definition) is 3. The van der Waals surface area contributed by atoms with Crippen LogP contribution in [0.15, 0.2) is 0 Å². The zero-order valence-electron chi connectivity index (χ0n) is 22.7. The third-order valence-corrected chi connectivity index (χ3v) is 12.3. The van der Waals surface area contributed by atoms with Crippen molar-refractivity contribution in [2.75, 3.05) is 0 Å². The predicted molar refractivity (Wildman–Crippen MR) is 141 cm³/mol. The Balaban J connectivity index is 1.43. The SMILES string of the molecule is C[C@]12CCC3C(CC[C@H]4Cc5[nH]nc(O[Si](C)(C)C)c5C[C@]34C)C1CC[C@]2(C)O[Si](C)(C)C. The van der Waals surface area contributed by atoms with Crippen LogP contribution in [-0.2, 0) is 17.3 Å². The van der Waals surface area contributed by atoms with Gasteiger partial charge < -0.3 is 8.85 Å². The Morgan fingerprint density at radius 3 is 2.24 bits per heavy atom. The number of aromatic nitrogens is 2. The Morgan fingerprint density at radius 1 is 0.879 bits per heavy atom. The minimum absolute atomic E-state index is 0.0630. The molecular formula is C27H48N2O2Si2. The van der Waals surface area contributed by atoms with Crippen molar-refractivity contribution in [3.05, 3.63) is 11.3 Å². The summed E-state index contributed by atoms with van der Waals surface area (Å²) in [4.78, 5) is 0. The first-order valence-electron chi connectivity index (χ1n) is 13.6. The maximum absolute atomic E-state index is 6.98. The fourth-order valence-corrected chi connectivity index (χ4v) is 11.4. The lowest BCUT2D eigenvalue weighted by molar-refractivity contribution is -0.133. The first kappa shape index (κ1) is 24.1. The van der Waals surface area contributed by atoms with E-state index in [1.165, 1.54) is 49.8 Å². The second kappa shape index (κ2) is 7.45. The van der Waals surface area contributed by atoms with Crippen LogP contribution in [0.4, 0.5) is 0 Å². The first-order valence-corrected chi connectivity index (χ1v) is 20.4. The average Bonchev–Trinajstić information content (AvgIpc) is 3.14. The van der Waals surface area contributed by atoms with Gasteiger partial charge in [0, 0.05) is 11.3 Å². The molecule has 1 aromatic rings. The van der Waals surface area contributed by atoms with E-state index in [1.807, 2.05) is 0 Å². The Hall–Kier alpha value is -0.596. The highest BCUT2D eigenvalue weighted by Gasteiger charge is 2.64. The third kappa shape index (κ3) is 3.81. The zero-order valence-corrected chi connectivity index (χ0v) is 24.7. The maximum Gasteiger partial charge on any atom is 0.244 e. The monoisotopic (exact) mass is 488 g/mol. The molecule has 0 aromatic carbocycles. The van der Waals surface area contributed by atoms with E-state index in [1.54, 1.807) is 0 Å². The fraction of sp³-hybridized carbons (Fsp3) is 0.889. The molecule has 3 unspecified atom stereocenters. The molecule has 4 aliphatic rings. The molecule has 4 aliphatic carbocycles. The van der Waals surface area contributed by atoms with Crippen LogP contribution in [0.5, 0.6) is 5.88 Å². The Bertz CT molecular complexity index is 918. The first-order chi connectivity index (χ1) is 15.2.